The molecule has 1 amide bonds. The highest BCUT2D eigenvalue weighted by atomic mass is 35.5. The number of nitrogens with zero attached hydrogens (tertiary/aromatic N) is 1. The van der Waals surface area contributed by atoms with Crippen molar-refractivity contribution < 1.29 is 23.5 Å². The van der Waals surface area contributed by atoms with E-state index in [9.17, 15) is 18.8 Å². The third kappa shape index (κ3) is 1.74. The fraction of sp³-hybridized carbons (Fsp3) is 0.182. The van der Waals surface area contributed by atoms with Crippen LogP contribution in [0.3, 0.4) is 0 Å². The normalized spacial score (nSPS) is 13.8. The second-order valence-corrected chi connectivity index (χ2v) is 3.96. The lowest BCUT2D eigenvalue weighted by atomic mass is 10.1. The van der Waals surface area contributed by atoms with E-state index in [1.54, 1.807) is 0 Å². The maximum absolute atomic E-state index is 13.7. The molecule has 0 aromatic heterocycles. The maximum Gasteiger partial charge on any atom is 0.325 e. The second kappa shape index (κ2) is 4.38. The number of fused-ring (bicyclic) bond motifs is 1. The first-order chi connectivity index (χ1) is 8.47. The smallest absolute Gasteiger partial charge is 0.325 e. The number of ether oxygens (including phenoxy) is 1. The Balaban J connectivity index is 2.55. The highest BCUT2D eigenvalue weighted by Gasteiger charge is 2.40. The Morgan fingerprint density at radius 1 is 1.44 bits per heavy atom. The van der Waals surface area contributed by atoms with Gasteiger partial charge in [0.2, 0.25) is 0 Å². The average molecular weight is 272 g/mol. The monoisotopic (exact) mass is 271 g/mol. The van der Waals surface area contributed by atoms with Gasteiger partial charge in [-0.2, -0.15) is 0 Å². The Morgan fingerprint density at radius 2 is 2.11 bits per heavy atom. The fourth-order valence-electron chi connectivity index (χ4n) is 1.70. The number of methoxy groups -OCH3 is 1. The predicted octanol–water partition coefficient (Wildman–Crippen LogP) is 1.18. The van der Waals surface area contributed by atoms with Crippen molar-refractivity contribution in [1.82, 2.24) is 0 Å². The lowest BCUT2D eigenvalue weighted by molar-refractivity contribution is -0.139. The van der Waals surface area contributed by atoms with Crippen LogP contribution in [0.2, 0.25) is 5.02 Å². The van der Waals surface area contributed by atoms with Crippen LogP contribution in [-0.2, 0) is 14.3 Å². The number of Topliss-reactive ketones (excluding diaryl/α,β-unsaturated/α-hetero) is 1. The summed E-state index contributed by atoms with van der Waals surface area (Å²) >= 11 is 5.75. The predicted molar refractivity (Wildman–Crippen MR) is 60.1 cm³/mol. The minimum Gasteiger partial charge on any atom is -0.468 e. The Kier molecular flexibility index (Phi) is 3.04. The van der Waals surface area contributed by atoms with Crippen molar-refractivity contribution in [2.45, 2.75) is 0 Å². The molecule has 0 fully saturated rings. The van der Waals surface area contributed by atoms with Crippen molar-refractivity contribution in [1.29, 1.82) is 0 Å². The van der Waals surface area contributed by atoms with E-state index in [4.69, 9.17) is 11.6 Å². The average Bonchev–Trinajstić information content (AvgIpc) is 2.60. The molecule has 0 aliphatic carbocycles. The molecule has 1 aliphatic heterocycles. The van der Waals surface area contributed by atoms with E-state index < -0.39 is 30.0 Å². The molecular weight excluding hydrogens is 265 g/mol. The largest absolute Gasteiger partial charge is 0.468 e. The molecule has 0 atom stereocenters. The molecule has 2 rings (SSSR count). The Morgan fingerprint density at radius 3 is 2.72 bits per heavy atom. The number of carbonyl (C=O) groups is 3. The molecular formula is C11H7ClFNO4. The third-order valence-electron chi connectivity index (χ3n) is 2.53. The lowest BCUT2D eigenvalue weighted by Crippen LogP contribution is -2.35. The number of benzene rings is 1. The number of carbonyl (C=O) groups excluding carboxylic acids is 3. The van der Waals surface area contributed by atoms with Crippen LogP contribution in [0.5, 0.6) is 0 Å². The van der Waals surface area contributed by atoms with E-state index in [-0.39, 0.29) is 16.3 Å². The molecule has 0 unspecified atom stereocenters. The lowest BCUT2D eigenvalue weighted by Gasteiger charge is -2.15. The summed E-state index contributed by atoms with van der Waals surface area (Å²) in [6.07, 6.45) is 0. The molecule has 1 aromatic carbocycles. The molecule has 1 aromatic rings. The van der Waals surface area contributed by atoms with Crippen LogP contribution in [0.1, 0.15) is 10.4 Å². The summed E-state index contributed by atoms with van der Waals surface area (Å²) in [6, 6.07) is 2.21. The topological polar surface area (TPSA) is 63.7 Å². The van der Waals surface area contributed by atoms with Crippen molar-refractivity contribution in [2.24, 2.45) is 0 Å². The number of hydrogen-bond acceptors (Lipinski definition) is 4. The summed E-state index contributed by atoms with van der Waals surface area (Å²) in [5.41, 5.74) is -0.492. The minimum atomic E-state index is -0.998. The van der Waals surface area contributed by atoms with E-state index in [1.807, 2.05) is 0 Å². The molecule has 1 heterocycles. The molecule has 0 N–H and O–H groups in total. The van der Waals surface area contributed by atoms with Gasteiger partial charge in [-0.05, 0) is 12.1 Å². The van der Waals surface area contributed by atoms with Gasteiger partial charge in [0, 0.05) is 0 Å². The van der Waals surface area contributed by atoms with Gasteiger partial charge in [-0.25, -0.2) is 4.39 Å². The number of anilines is 1. The summed E-state index contributed by atoms with van der Waals surface area (Å²) in [4.78, 5) is 35.2. The van der Waals surface area contributed by atoms with Crippen LogP contribution in [0.4, 0.5) is 10.1 Å². The standard InChI is InChI=1S/C11H7ClFNO4/c1-18-7(15)4-14-9-6(13)3-2-5(12)8(9)10(16)11(14)17/h2-3H,4H2,1H3. The zero-order valence-electron chi connectivity index (χ0n) is 9.20. The molecule has 0 saturated heterocycles. The van der Waals surface area contributed by atoms with Crippen LogP contribution in [0, 0.1) is 5.82 Å². The van der Waals surface area contributed by atoms with Crippen molar-refractivity contribution in [3.8, 4) is 0 Å². The van der Waals surface area contributed by atoms with E-state index in [0.29, 0.717) is 0 Å². The summed E-state index contributed by atoms with van der Waals surface area (Å²) < 4.78 is 18.0. The van der Waals surface area contributed by atoms with Gasteiger partial charge in [0.05, 0.1) is 23.4 Å². The summed E-state index contributed by atoms with van der Waals surface area (Å²) in [5.74, 6) is -3.48. The molecule has 94 valence electrons. The van der Waals surface area contributed by atoms with Gasteiger partial charge in [0.25, 0.3) is 11.7 Å². The van der Waals surface area contributed by atoms with Crippen LogP contribution in [0.25, 0.3) is 0 Å². The first kappa shape index (κ1) is 12.5. The number of ketones is 1. The quantitative estimate of drug-likeness (QED) is 0.598. The van der Waals surface area contributed by atoms with Gasteiger partial charge in [-0.3, -0.25) is 19.3 Å². The zero-order chi connectivity index (χ0) is 13.4. The molecule has 5 nitrogen and oxygen atoms in total. The maximum atomic E-state index is 13.7. The van der Waals surface area contributed by atoms with Gasteiger partial charge in [0.15, 0.2) is 0 Å². The molecule has 7 heteroatoms. The number of amides is 1. The number of hydrogen-bond donors (Lipinski definition) is 0. The van der Waals surface area contributed by atoms with E-state index in [0.717, 1.165) is 18.1 Å². The molecule has 0 saturated carbocycles. The number of rotatable bonds is 2. The van der Waals surface area contributed by atoms with Crippen LogP contribution in [0.15, 0.2) is 12.1 Å². The molecule has 0 spiro atoms. The van der Waals surface area contributed by atoms with Crippen LogP contribution < -0.4 is 4.90 Å². The van der Waals surface area contributed by atoms with E-state index >= 15 is 0 Å². The van der Waals surface area contributed by atoms with Crippen molar-refractivity contribution in [2.75, 3.05) is 18.6 Å². The van der Waals surface area contributed by atoms with E-state index in [2.05, 4.69) is 4.74 Å². The Hall–Kier alpha value is -1.95. The number of halogens is 2. The first-order valence-corrected chi connectivity index (χ1v) is 5.26. The van der Waals surface area contributed by atoms with Gasteiger partial charge < -0.3 is 4.74 Å². The summed E-state index contributed by atoms with van der Waals surface area (Å²) in [7, 11) is 1.12. The van der Waals surface area contributed by atoms with Crippen molar-refractivity contribution in [3.05, 3.63) is 28.5 Å². The van der Waals surface area contributed by atoms with Gasteiger partial charge in [0.1, 0.15) is 12.4 Å². The molecule has 18 heavy (non-hydrogen) atoms. The zero-order valence-corrected chi connectivity index (χ0v) is 9.95. The molecule has 0 radical (unpaired) electrons. The summed E-state index contributed by atoms with van der Waals surface area (Å²) in [5, 5.41) is -0.0304. The first-order valence-electron chi connectivity index (χ1n) is 4.88. The highest BCUT2D eigenvalue weighted by molar-refractivity contribution is 6.55. The molecule has 1 aliphatic rings. The SMILES string of the molecule is COC(=O)CN1C(=O)C(=O)c2c(Cl)ccc(F)c21. The highest BCUT2D eigenvalue weighted by Crippen LogP contribution is 2.36. The van der Waals surface area contributed by atoms with Crippen LogP contribution >= 0.6 is 11.6 Å². The fourth-order valence-corrected chi connectivity index (χ4v) is 1.93. The van der Waals surface area contributed by atoms with Gasteiger partial charge in [-0.1, -0.05) is 11.6 Å². The van der Waals surface area contributed by atoms with E-state index in [1.165, 1.54) is 6.07 Å². The molecule has 0 bridgehead atoms. The number of esters is 1. The van der Waals surface area contributed by atoms with Crippen molar-refractivity contribution in [3.63, 3.8) is 0 Å². The second-order valence-electron chi connectivity index (χ2n) is 3.55. The Bertz CT molecular complexity index is 572. The minimum absolute atomic E-state index is 0.0304. The Labute approximate surface area is 106 Å². The van der Waals surface area contributed by atoms with Crippen LogP contribution in [-0.4, -0.2) is 31.3 Å². The van der Waals surface area contributed by atoms with Gasteiger partial charge >= 0.3 is 5.97 Å². The van der Waals surface area contributed by atoms with Crippen molar-refractivity contribution >= 4 is 34.9 Å². The third-order valence-corrected chi connectivity index (χ3v) is 2.84. The summed E-state index contributed by atoms with van der Waals surface area (Å²) in [6.45, 7) is -0.536. The van der Waals surface area contributed by atoms with Gasteiger partial charge in [-0.15, -0.1) is 0 Å².